The third kappa shape index (κ3) is 4.39. The molecule has 3 aromatic rings. The van der Waals surface area contributed by atoms with Gasteiger partial charge < -0.3 is 14.4 Å². The molecule has 2 aliphatic rings. The quantitative estimate of drug-likeness (QED) is 0.549. The van der Waals surface area contributed by atoms with Gasteiger partial charge in [0.1, 0.15) is 0 Å². The van der Waals surface area contributed by atoms with Crippen LogP contribution in [0.1, 0.15) is 46.3 Å². The van der Waals surface area contributed by atoms with E-state index in [1.807, 2.05) is 24.5 Å². The molecular weight excluding hydrogens is 438 g/mol. The Morgan fingerprint density at radius 3 is 2.54 bits per heavy atom. The minimum Gasteiger partial charge on any atom is -0.493 e. The molecule has 35 heavy (non-hydrogen) atoms. The molecule has 3 heterocycles. The number of benzene rings is 2. The Morgan fingerprint density at radius 1 is 1.06 bits per heavy atom. The van der Waals surface area contributed by atoms with Crippen molar-refractivity contribution in [2.75, 3.05) is 20.8 Å². The number of rotatable bonds is 5. The first-order valence-corrected chi connectivity index (χ1v) is 12.3. The molecule has 1 aromatic heterocycles. The Morgan fingerprint density at radius 2 is 1.80 bits per heavy atom. The Kier molecular flexibility index (Phi) is 6.48. The molecular formula is C29H33N3O3. The molecule has 1 amide bonds. The Labute approximate surface area is 207 Å². The highest BCUT2D eigenvalue weighted by atomic mass is 16.5. The standard InChI is InChI=1S/C29H33N3O3/c1-19-9-11-30-16-24(19)18-31-17-23-8-6-5-7-21(23)13-26(31)29(33)32-12-10-22-14-27(34-3)28(35-4)15-25(22)20(32)2/h5-9,11,14-16,20,26H,10,12-13,17-18H2,1-4H3/t20-,26?/m1/s1. The maximum atomic E-state index is 14.2. The lowest BCUT2D eigenvalue weighted by Gasteiger charge is -2.42. The van der Waals surface area contributed by atoms with E-state index in [4.69, 9.17) is 9.47 Å². The van der Waals surface area contributed by atoms with E-state index < -0.39 is 0 Å². The molecule has 2 aromatic carbocycles. The van der Waals surface area contributed by atoms with Crippen molar-refractivity contribution in [3.8, 4) is 11.5 Å². The van der Waals surface area contributed by atoms with Crippen molar-refractivity contribution in [1.29, 1.82) is 0 Å². The number of ether oxygens (including phenoxy) is 2. The van der Waals surface area contributed by atoms with E-state index in [1.54, 1.807) is 14.2 Å². The maximum absolute atomic E-state index is 14.2. The molecule has 6 heteroatoms. The SMILES string of the molecule is COc1cc2c(cc1OC)[C@@H](C)N(C(=O)C1Cc3ccccc3CN1Cc1cnccc1C)CC2. The molecule has 5 rings (SSSR count). The van der Waals surface area contributed by atoms with Crippen molar-refractivity contribution in [2.24, 2.45) is 0 Å². The normalized spacial score (nSPS) is 19.6. The first kappa shape index (κ1) is 23.4. The molecule has 0 bridgehead atoms. The van der Waals surface area contributed by atoms with Crippen LogP contribution in [-0.2, 0) is 30.7 Å². The topological polar surface area (TPSA) is 54.9 Å². The number of amides is 1. The lowest BCUT2D eigenvalue weighted by molar-refractivity contribution is -0.140. The molecule has 0 fully saturated rings. The van der Waals surface area contributed by atoms with E-state index in [2.05, 4.69) is 59.0 Å². The largest absolute Gasteiger partial charge is 0.493 e. The van der Waals surface area contributed by atoms with Gasteiger partial charge in [0.2, 0.25) is 5.91 Å². The van der Waals surface area contributed by atoms with Gasteiger partial charge in [-0.05, 0) is 78.3 Å². The number of hydrogen-bond donors (Lipinski definition) is 0. The summed E-state index contributed by atoms with van der Waals surface area (Å²) < 4.78 is 11.1. The lowest BCUT2D eigenvalue weighted by Crippen LogP contribution is -2.53. The van der Waals surface area contributed by atoms with Gasteiger partial charge in [-0.3, -0.25) is 14.7 Å². The van der Waals surface area contributed by atoms with Gasteiger partial charge in [0, 0.05) is 32.0 Å². The van der Waals surface area contributed by atoms with Crippen molar-refractivity contribution in [3.63, 3.8) is 0 Å². The van der Waals surface area contributed by atoms with Crippen LogP contribution in [0.15, 0.2) is 54.9 Å². The van der Waals surface area contributed by atoms with Crippen LogP contribution in [0.2, 0.25) is 0 Å². The average molecular weight is 472 g/mol. The maximum Gasteiger partial charge on any atom is 0.240 e. The Bertz CT molecular complexity index is 1240. The zero-order chi connectivity index (χ0) is 24.5. The fourth-order valence-corrected chi connectivity index (χ4v) is 5.51. The van der Waals surface area contributed by atoms with E-state index in [-0.39, 0.29) is 18.0 Å². The molecule has 182 valence electrons. The number of carbonyl (C=O) groups excluding carboxylic acids is 1. The number of nitrogens with zero attached hydrogens (tertiary/aromatic N) is 3. The summed E-state index contributed by atoms with van der Waals surface area (Å²) in [4.78, 5) is 22.9. The number of methoxy groups -OCH3 is 2. The van der Waals surface area contributed by atoms with Crippen LogP contribution in [0.4, 0.5) is 0 Å². The minimum absolute atomic E-state index is 0.0368. The fraction of sp³-hybridized carbons (Fsp3) is 0.379. The predicted octanol–water partition coefficient (Wildman–Crippen LogP) is 4.48. The second-order valence-corrected chi connectivity index (χ2v) is 9.56. The van der Waals surface area contributed by atoms with Gasteiger partial charge in [0.05, 0.1) is 26.3 Å². The van der Waals surface area contributed by atoms with Crippen LogP contribution >= 0.6 is 0 Å². The third-order valence-electron chi connectivity index (χ3n) is 7.62. The smallest absolute Gasteiger partial charge is 0.240 e. The van der Waals surface area contributed by atoms with E-state index >= 15 is 0 Å². The molecule has 2 atom stereocenters. The van der Waals surface area contributed by atoms with Crippen molar-refractivity contribution in [3.05, 3.63) is 88.2 Å². The van der Waals surface area contributed by atoms with E-state index in [0.717, 1.165) is 30.7 Å². The highest BCUT2D eigenvalue weighted by Crippen LogP contribution is 2.39. The summed E-state index contributed by atoms with van der Waals surface area (Å²) in [5.74, 6) is 1.63. The fourth-order valence-electron chi connectivity index (χ4n) is 5.51. The number of aromatic nitrogens is 1. The van der Waals surface area contributed by atoms with E-state index in [9.17, 15) is 4.79 Å². The zero-order valence-electron chi connectivity index (χ0n) is 21.0. The van der Waals surface area contributed by atoms with Crippen molar-refractivity contribution < 1.29 is 14.3 Å². The van der Waals surface area contributed by atoms with Crippen LogP contribution in [0.5, 0.6) is 11.5 Å². The number of aryl methyl sites for hydroxylation is 1. The Balaban J connectivity index is 1.46. The van der Waals surface area contributed by atoms with Gasteiger partial charge in [-0.1, -0.05) is 24.3 Å². The molecule has 0 N–H and O–H groups in total. The van der Waals surface area contributed by atoms with Gasteiger partial charge in [0.15, 0.2) is 11.5 Å². The number of carbonyl (C=O) groups is 1. The van der Waals surface area contributed by atoms with Crippen LogP contribution in [0, 0.1) is 6.92 Å². The van der Waals surface area contributed by atoms with Crippen LogP contribution < -0.4 is 9.47 Å². The molecule has 6 nitrogen and oxygen atoms in total. The molecule has 0 saturated heterocycles. The minimum atomic E-state index is -0.214. The summed E-state index contributed by atoms with van der Waals surface area (Å²) in [6, 6.07) is 14.4. The van der Waals surface area contributed by atoms with Crippen molar-refractivity contribution >= 4 is 5.91 Å². The number of fused-ring (bicyclic) bond motifs is 2. The first-order chi connectivity index (χ1) is 17.0. The summed E-state index contributed by atoms with van der Waals surface area (Å²) in [6.45, 7) is 6.38. The molecule has 2 aliphatic heterocycles. The molecule has 0 saturated carbocycles. The van der Waals surface area contributed by atoms with Gasteiger partial charge in [-0.25, -0.2) is 0 Å². The molecule has 0 radical (unpaired) electrons. The molecule has 0 spiro atoms. The summed E-state index contributed by atoms with van der Waals surface area (Å²) in [6.07, 6.45) is 5.27. The molecule has 1 unspecified atom stereocenters. The van der Waals surface area contributed by atoms with Crippen molar-refractivity contribution in [2.45, 2.75) is 51.9 Å². The monoisotopic (exact) mass is 471 g/mol. The number of pyridine rings is 1. The summed E-state index contributed by atoms with van der Waals surface area (Å²) in [5.41, 5.74) is 7.28. The van der Waals surface area contributed by atoms with Crippen LogP contribution in [0.3, 0.4) is 0 Å². The van der Waals surface area contributed by atoms with Gasteiger partial charge in [0.25, 0.3) is 0 Å². The van der Waals surface area contributed by atoms with Crippen LogP contribution in [-0.4, -0.2) is 47.5 Å². The van der Waals surface area contributed by atoms with Gasteiger partial charge in [-0.2, -0.15) is 0 Å². The lowest BCUT2D eigenvalue weighted by atomic mass is 9.89. The molecule has 0 aliphatic carbocycles. The zero-order valence-corrected chi connectivity index (χ0v) is 21.0. The summed E-state index contributed by atoms with van der Waals surface area (Å²) in [7, 11) is 3.31. The second kappa shape index (κ2) is 9.70. The average Bonchev–Trinajstić information content (AvgIpc) is 2.88. The van der Waals surface area contributed by atoms with E-state index in [0.29, 0.717) is 18.8 Å². The Hall–Kier alpha value is -3.38. The van der Waals surface area contributed by atoms with Crippen molar-refractivity contribution in [1.82, 2.24) is 14.8 Å². The highest BCUT2D eigenvalue weighted by Gasteiger charge is 2.38. The number of hydrogen-bond acceptors (Lipinski definition) is 5. The van der Waals surface area contributed by atoms with Crippen LogP contribution in [0.25, 0.3) is 0 Å². The van der Waals surface area contributed by atoms with Gasteiger partial charge >= 0.3 is 0 Å². The van der Waals surface area contributed by atoms with Gasteiger partial charge in [-0.15, -0.1) is 0 Å². The first-order valence-electron chi connectivity index (χ1n) is 12.3. The second-order valence-electron chi connectivity index (χ2n) is 9.56. The summed E-state index contributed by atoms with van der Waals surface area (Å²) in [5, 5.41) is 0. The summed E-state index contributed by atoms with van der Waals surface area (Å²) >= 11 is 0. The highest BCUT2D eigenvalue weighted by molar-refractivity contribution is 5.83. The predicted molar refractivity (Wildman–Crippen MR) is 136 cm³/mol. The third-order valence-corrected chi connectivity index (χ3v) is 7.62. The van der Waals surface area contributed by atoms with E-state index in [1.165, 1.54) is 27.8 Å².